The van der Waals surface area contributed by atoms with Crippen molar-refractivity contribution in [2.45, 2.75) is 19.4 Å². The molecule has 1 aromatic heterocycles. The van der Waals surface area contributed by atoms with Gasteiger partial charge in [0, 0.05) is 13.6 Å². The Balaban J connectivity index is 1.73. The fraction of sp³-hybridized carbons (Fsp3) is 0.778. The second kappa shape index (κ2) is 3.96. The van der Waals surface area contributed by atoms with E-state index in [4.69, 9.17) is 0 Å². The molecule has 1 fully saturated rings. The van der Waals surface area contributed by atoms with Gasteiger partial charge in [0.25, 0.3) is 0 Å². The van der Waals surface area contributed by atoms with Crippen LogP contribution in [0.25, 0.3) is 0 Å². The number of rotatable bonds is 5. The average Bonchev–Trinajstić information content (AvgIpc) is 2.94. The van der Waals surface area contributed by atoms with Crippen molar-refractivity contribution in [1.29, 1.82) is 0 Å². The first kappa shape index (κ1) is 9.45. The average molecular weight is 196 g/mol. The number of nitrogens with one attached hydrogen (secondary N) is 1. The summed E-state index contributed by atoms with van der Waals surface area (Å²) in [6.07, 6.45) is 4.26. The summed E-state index contributed by atoms with van der Waals surface area (Å²) in [6, 6.07) is 0. The molecule has 5 heteroatoms. The van der Waals surface area contributed by atoms with Crippen molar-refractivity contribution in [1.82, 2.24) is 19.7 Å². The maximum Gasteiger partial charge on any atom is 0.345 e. The molecule has 1 aromatic rings. The molecular weight excluding hydrogens is 180 g/mol. The molecule has 78 valence electrons. The SMILES string of the molecule is Cn1cnn(CCNCC2CC2)c1=O. The van der Waals surface area contributed by atoms with Gasteiger partial charge in [-0.2, -0.15) is 5.10 Å². The normalized spacial score (nSPS) is 16.1. The van der Waals surface area contributed by atoms with E-state index in [0.717, 1.165) is 19.0 Å². The van der Waals surface area contributed by atoms with Gasteiger partial charge < -0.3 is 5.32 Å². The number of hydrogen-bond acceptors (Lipinski definition) is 3. The van der Waals surface area contributed by atoms with Gasteiger partial charge in [0.15, 0.2) is 0 Å². The smallest absolute Gasteiger partial charge is 0.315 e. The summed E-state index contributed by atoms with van der Waals surface area (Å²) in [5.41, 5.74) is -0.0433. The first-order chi connectivity index (χ1) is 6.77. The van der Waals surface area contributed by atoms with Crippen LogP contribution in [0.1, 0.15) is 12.8 Å². The highest BCUT2D eigenvalue weighted by atomic mass is 16.2. The third kappa shape index (κ3) is 2.23. The molecule has 1 heterocycles. The van der Waals surface area contributed by atoms with E-state index in [9.17, 15) is 4.79 Å². The fourth-order valence-corrected chi connectivity index (χ4v) is 1.39. The van der Waals surface area contributed by atoms with Crippen LogP contribution in [0.3, 0.4) is 0 Å². The third-order valence-electron chi connectivity index (χ3n) is 2.52. The molecule has 1 aliphatic carbocycles. The standard InChI is InChI=1S/C9H16N4O/c1-12-7-11-13(9(12)14)5-4-10-6-8-2-3-8/h7-8,10H,2-6H2,1H3. The Morgan fingerprint density at radius 1 is 1.64 bits per heavy atom. The van der Waals surface area contributed by atoms with Gasteiger partial charge in [-0.15, -0.1) is 0 Å². The molecule has 0 amide bonds. The van der Waals surface area contributed by atoms with Crippen LogP contribution in [0.15, 0.2) is 11.1 Å². The molecule has 14 heavy (non-hydrogen) atoms. The van der Waals surface area contributed by atoms with Crippen LogP contribution in [0.4, 0.5) is 0 Å². The Kier molecular flexibility index (Phi) is 2.67. The van der Waals surface area contributed by atoms with Crippen molar-refractivity contribution in [2.75, 3.05) is 13.1 Å². The second-order valence-electron chi connectivity index (χ2n) is 3.90. The molecule has 0 unspecified atom stereocenters. The number of nitrogens with zero attached hydrogens (tertiary/aromatic N) is 3. The summed E-state index contributed by atoms with van der Waals surface area (Å²) in [5, 5.41) is 7.30. The van der Waals surface area contributed by atoms with Crippen molar-refractivity contribution >= 4 is 0 Å². The molecule has 0 spiro atoms. The van der Waals surface area contributed by atoms with Crippen molar-refractivity contribution in [3.05, 3.63) is 16.8 Å². The van der Waals surface area contributed by atoms with Crippen LogP contribution in [0.5, 0.6) is 0 Å². The van der Waals surface area contributed by atoms with Crippen LogP contribution in [-0.2, 0) is 13.6 Å². The fourth-order valence-electron chi connectivity index (χ4n) is 1.39. The van der Waals surface area contributed by atoms with Crippen molar-refractivity contribution < 1.29 is 0 Å². The van der Waals surface area contributed by atoms with E-state index in [2.05, 4.69) is 10.4 Å². The lowest BCUT2D eigenvalue weighted by Gasteiger charge is -2.02. The Hall–Kier alpha value is -1.10. The summed E-state index contributed by atoms with van der Waals surface area (Å²) >= 11 is 0. The second-order valence-corrected chi connectivity index (χ2v) is 3.90. The number of aryl methyl sites for hydroxylation is 1. The highest BCUT2D eigenvalue weighted by Gasteiger charge is 2.19. The maximum absolute atomic E-state index is 11.3. The van der Waals surface area contributed by atoms with Gasteiger partial charge in [-0.05, 0) is 25.3 Å². The van der Waals surface area contributed by atoms with E-state index in [1.165, 1.54) is 22.1 Å². The van der Waals surface area contributed by atoms with Gasteiger partial charge in [-0.3, -0.25) is 4.57 Å². The molecular formula is C9H16N4O. The van der Waals surface area contributed by atoms with Gasteiger partial charge in [0.2, 0.25) is 0 Å². The Morgan fingerprint density at radius 2 is 2.43 bits per heavy atom. The number of aromatic nitrogens is 3. The first-order valence-corrected chi connectivity index (χ1v) is 5.06. The summed E-state index contributed by atoms with van der Waals surface area (Å²) in [4.78, 5) is 11.3. The summed E-state index contributed by atoms with van der Waals surface area (Å²) < 4.78 is 2.97. The van der Waals surface area contributed by atoms with Crippen LogP contribution >= 0.6 is 0 Å². The van der Waals surface area contributed by atoms with Crippen molar-refractivity contribution in [2.24, 2.45) is 13.0 Å². The molecule has 1 N–H and O–H groups in total. The molecule has 0 bridgehead atoms. The molecule has 0 aliphatic heterocycles. The summed E-state index contributed by atoms with van der Waals surface area (Å²) in [6.45, 7) is 2.57. The Labute approximate surface area is 82.7 Å². The predicted molar refractivity (Wildman–Crippen MR) is 53.1 cm³/mol. The zero-order chi connectivity index (χ0) is 9.97. The molecule has 0 saturated heterocycles. The van der Waals surface area contributed by atoms with Gasteiger partial charge in [-0.25, -0.2) is 9.48 Å². The van der Waals surface area contributed by atoms with E-state index in [1.807, 2.05) is 0 Å². The molecule has 1 aliphatic rings. The van der Waals surface area contributed by atoms with Crippen LogP contribution in [0.2, 0.25) is 0 Å². The van der Waals surface area contributed by atoms with Gasteiger partial charge in [0.1, 0.15) is 6.33 Å². The summed E-state index contributed by atoms with van der Waals surface area (Å²) in [7, 11) is 1.71. The van der Waals surface area contributed by atoms with E-state index < -0.39 is 0 Å². The van der Waals surface area contributed by atoms with Crippen LogP contribution in [-0.4, -0.2) is 27.4 Å². The zero-order valence-corrected chi connectivity index (χ0v) is 8.44. The minimum atomic E-state index is -0.0433. The minimum Gasteiger partial charge on any atom is -0.315 e. The first-order valence-electron chi connectivity index (χ1n) is 5.06. The molecule has 0 aromatic carbocycles. The molecule has 1 saturated carbocycles. The third-order valence-corrected chi connectivity index (χ3v) is 2.52. The maximum atomic E-state index is 11.3. The molecule has 0 atom stereocenters. The van der Waals surface area contributed by atoms with Crippen molar-refractivity contribution in [3.63, 3.8) is 0 Å². The Morgan fingerprint density at radius 3 is 3.00 bits per heavy atom. The van der Waals surface area contributed by atoms with Crippen LogP contribution in [0, 0.1) is 5.92 Å². The van der Waals surface area contributed by atoms with Crippen LogP contribution < -0.4 is 11.0 Å². The van der Waals surface area contributed by atoms with Crippen molar-refractivity contribution in [3.8, 4) is 0 Å². The van der Waals surface area contributed by atoms with Gasteiger partial charge in [-0.1, -0.05) is 0 Å². The lowest BCUT2D eigenvalue weighted by Crippen LogP contribution is -2.29. The lowest BCUT2D eigenvalue weighted by atomic mass is 10.4. The minimum absolute atomic E-state index is 0.0433. The largest absolute Gasteiger partial charge is 0.345 e. The zero-order valence-electron chi connectivity index (χ0n) is 8.44. The van der Waals surface area contributed by atoms with Gasteiger partial charge >= 0.3 is 5.69 Å². The van der Waals surface area contributed by atoms with E-state index in [0.29, 0.717) is 6.54 Å². The highest BCUT2D eigenvalue weighted by Crippen LogP contribution is 2.27. The van der Waals surface area contributed by atoms with E-state index in [-0.39, 0.29) is 5.69 Å². The predicted octanol–water partition coefficient (Wildman–Crippen LogP) is -0.419. The molecule has 5 nitrogen and oxygen atoms in total. The Bertz CT molecular complexity index is 350. The van der Waals surface area contributed by atoms with E-state index in [1.54, 1.807) is 13.4 Å². The quantitative estimate of drug-likeness (QED) is 0.651. The lowest BCUT2D eigenvalue weighted by molar-refractivity contribution is 0.526. The topological polar surface area (TPSA) is 51.9 Å². The summed E-state index contributed by atoms with van der Waals surface area (Å²) in [5.74, 6) is 0.885. The molecule has 2 rings (SSSR count). The van der Waals surface area contributed by atoms with Gasteiger partial charge in [0.05, 0.1) is 6.54 Å². The number of hydrogen-bond donors (Lipinski definition) is 1. The van der Waals surface area contributed by atoms with E-state index >= 15 is 0 Å². The monoisotopic (exact) mass is 196 g/mol. The highest BCUT2D eigenvalue weighted by molar-refractivity contribution is 4.75. The molecule has 0 radical (unpaired) electrons.